The second kappa shape index (κ2) is 3.41. The van der Waals surface area contributed by atoms with E-state index in [0.717, 1.165) is 5.57 Å². The Morgan fingerprint density at radius 3 is 3.29 bits per heavy atom. The highest BCUT2D eigenvalue weighted by atomic mass is 16.1. The summed E-state index contributed by atoms with van der Waals surface area (Å²) in [5, 5.41) is 7.70. The summed E-state index contributed by atoms with van der Waals surface area (Å²) in [6.07, 6.45) is 5.17. The number of rotatable bonds is 2. The quantitative estimate of drug-likeness (QED) is 0.683. The second-order valence-corrected chi connectivity index (χ2v) is 2.97. The molecule has 0 aromatic rings. The van der Waals surface area contributed by atoms with Crippen LogP contribution < -0.4 is 5.73 Å². The van der Waals surface area contributed by atoms with E-state index in [9.17, 15) is 4.79 Å². The van der Waals surface area contributed by atoms with Crippen molar-refractivity contribution in [1.29, 1.82) is 0 Å². The van der Waals surface area contributed by atoms with Crippen molar-refractivity contribution in [2.75, 3.05) is 6.67 Å². The average molecular weight is 191 g/mol. The van der Waals surface area contributed by atoms with Crippen molar-refractivity contribution in [2.24, 2.45) is 21.0 Å². The molecule has 0 bridgehead atoms. The number of aliphatic imine (C=N–C) groups is 1. The third-order valence-electron chi connectivity index (χ3n) is 1.81. The van der Waals surface area contributed by atoms with Crippen LogP contribution >= 0.6 is 0 Å². The number of carbonyl (C=O) groups is 1. The molecular weight excluding hydrogens is 182 g/mol. The zero-order valence-electron chi connectivity index (χ0n) is 7.42. The molecule has 0 saturated carbocycles. The first-order valence-electron chi connectivity index (χ1n) is 4.12. The zero-order chi connectivity index (χ0) is 9.97. The number of azo groups is 1. The molecule has 0 radical (unpaired) electrons. The van der Waals surface area contributed by atoms with Gasteiger partial charge >= 0.3 is 0 Å². The van der Waals surface area contributed by atoms with Crippen molar-refractivity contribution in [3.63, 3.8) is 0 Å². The monoisotopic (exact) mass is 191 g/mol. The fraction of sp³-hybridized carbons (Fsp3) is 0.250. The molecule has 0 spiro atoms. The Hall–Kier alpha value is -1.98. The Bertz CT molecular complexity index is 379. The van der Waals surface area contributed by atoms with Crippen LogP contribution in [0, 0.1) is 0 Å². The molecule has 72 valence electrons. The van der Waals surface area contributed by atoms with Crippen LogP contribution in [0.15, 0.2) is 39.0 Å². The minimum absolute atomic E-state index is 0.182. The SMILES string of the molecule is NC(=O)CC1=CN2CN=NC2=CN=C1. The van der Waals surface area contributed by atoms with Gasteiger partial charge in [-0.05, 0) is 5.57 Å². The maximum absolute atomic E-state index is 10.7. The molecule has 0 aromatic carbocycles. The molecule has 1 amide bonds. The van der Waals surface area contributed by atoms with E-state index in [4.69, 9.17) is 5.73 Å². The van der Waals surface area contributed by atoms with Crippen LogP contribution in [0.5, 0.6) is 0 Å². The first kappa shape index (κ1) is 8.61. The van der Waals surface area contributed by atoms with Gasteiger partial charge in [-0.3, -0.25) is 9.79 Å². The smallest absolute Gasteiger partial charge is 0.221 e. The van der Waals surface area contributed by atoms with Crippen LogP contribution in [0.4, 0.5) is 0 Å². The number of hydrogen-bond acceptors (Lipinski definition) is 5. The van der Waals surface area contributed by atoms with Gasteiger partial charge in [0.05, 0.1) is 12.6 Å². The molecule has 2 heterocycles. The van der Waals surface area contributed by atoms with E-state index in [0.29, 0.717) is 12.5 Å². The van der Waals surface area contributed by atoms with E-state index in [1.807, 2.05) is 4.90 Å². The zero-order valence-corrected chi connectivity index (χ0v) is 7.42. The Morgan fingerprint density at radius 1 is 1.64 bits per heavy atom. The van der Waals surface area contributed by atoms with Gasteiger partial charge in [0, 0.05) is 12.4 Å². The molecule has 14 heavy (non-hydrogen) atoms. The van der Waals surface area contributed by atoms with Crippen molar-refractivity contribution in [2.45, 2.75) is 6.42 Å². The number of hydrogen-bond donors (Lipinski definition) is 1. The minimum Gasteiger partial charge on any atom is -0.369 e. The van der Waals surface area contributed by atoms with Crippen LogP contribution in [0.2, 0.25) is 0 Å². The molecule has 0 unspecified atom stereocenters. The fourth-order valence-corrected chi connectivity index (χ4v) is 1.23. The molecule has 0 saturated heterocycles. The number of primary amides is 1. The van der Waals surface area contributed by atoms with Crippen molar-refractivity contribution in [1.82, 2.24) is 4.90 Å². The van der Waals surface area contributed by atoms with Gasteiger partial charge in [-0.25, -0.2) is 0 Å². The summed E-state index contributed by atoms with van der Waals surface area (Å²) in [6, 6.07) is 0. The van der Waals surface area contributed by atoms with Crippen LogP contribution in [-0.4, -0.2) is 23.7 Å². The first-order valence-corrected chi connectivity index (χ1v) is 4.12. The lowest BCUT2D eigenvalue weighted by atomic mass is 10.2. The van der Waals surface area contributed by atoms with Crippen molar-refractivity contribution in [3.8, 4) is 0 Å². The van der Waals surface area contributed by atoms with Crippen LogP contribution in [0.25, 0.3) is 0 Å². The largest absolute Gasteiger partial charge is 0.369 e. The van der Waals surface area contributed by atoms with Gasteiger partial charge in [0.2, 0.25) is 5.91 Å². The highest BCUT2D eigenvalue weighted by Gasteiger charge is 2.14. The number of carbonyl (C=O) groups excluding carboxylic acids is 1. The van der Waals surface area contributed by atoms with Crippen LogP contribution in [0.1, 0.15) is 6.42 Å². The molecule has 0 fully saturated rings. The van der Waals surface area contributed by atoms with Gasteiger partial charge in [-0.15, -0.1) is 5.11 Å². The lowest BCUT2D eigenvalue weighted by Crippen LogP contribution is -2.15. The molecule has 0 atom stereocenters. The Balaban J connectivity index is 2.19. The van der Waals surface area contributed by atoms with Gasteiger partial charge in [-0.1, -0.05) is 0 Å². The molecule has 2 rings (SSSR count). The third-order valence-corrected chi connectivity index (χ3v) is 1.81. The first-order chi connectivity index (χ1) is 6.75. The summed E-state index contributed by atoms with van der Waals surface area (Å²) >= 11 is 0. The predicted molar refractivity (Wildman–Crippen MR) is 50.0 cm³/mol. The Morgan fingerprint density at radius 2 is 2.50 bits per heavy atom. The topological polar surface area (TPSA) is 83.4 Å². The molecule has 0 aromatic heterocycles. The van der Waals surface area contributed by atoms with Gasteiger partial charge in [0.1, 0.15) is 6.67 Å². The van der Waals surface area contributed by atoms with E-state index in [1.165, 1.54) is 0 Å². The molecule has 0 aliphatic carbocycles. The molecule has 2 aliphatic heterocycles. The van der Waals surface area contributed by atoms with Crippen LogP contribution in [-0.2, 0) is 4.79 Å². The van der Waals surface area contributed by atoms with E-state index >= 15 is 0 Å². The van der Waals surface area contributed by atoms with Crippen molar-refractivity contribution >= 4 is 12.1 Å². The van der Waals surface area contributed by atoms with Gasteiger partial charge in [-0.2, -0.15) is 5.11 Å². The summed E-state index contributed by atoms with van der Waals surface area (Å²) in [5.41, 5.74) is 5.85. The van der Waals surface area contributed by atoms with Gasteiger partial charge in [0.15, 0.2) is 5.82 Å². The lowest BCUT2D eigenvalue weighted by Gasteiger charge is -2.09. The Kier molecular flexibility index (Phi) is 2.10. The van der Waals surface area contributed by atoms with E-state index in [1.54, 1.807) is 18.6 Å². The predicted octanol–water partition coefficient (Wildman–Crippen LogP) is 0.354. The lowest BCUT2D eigenvalue weighted by molar-refractivity contribution is -0.117. The average Bonchev–Trinajstić information content (AvgIpc) is 2.44. The number of nitrogens with two attached hydrogens (primary N) is 1. The van der Waals surface area contributed by atoms with Crippen LogP contribution in [0.3, 0.4) is 0 Å². The minimum atomic E-state index is -0.376. The normalized spacial score (nSPS) is 18.7. The standard InChI is InChI=1S/C8H9N5O/c9-7(14)1-6-2-10-3-8-12-11-5-13(8)4-6/h2-4H,1,5H2,(H2,9,14). The molecule has 2 N–H and O–H groups in total. The second-order valence-electron chi connectivity index (χ2n) is 2.97. The Labute approximate surface area is 80.5 Å². The summed E-state index contributed by atoms with van der Waals surface area (Å²) in [6.45, 7) is 0.470. The van der Waals surface area contributed by atoms with E-state index in [-0.39, 0.29) is 12.3 Å². The molecule has 2 aliphatic rings. The maximum Gasteiger partial charge on any atom is 0.221 e. The highest BCUT2D eigenvalue weighted by Crippen LogP contribution is 2.18. The van der Waals surface area contributed by atoms with E-state index in [2.05, 4.69) is 15.2 Å². The summed E-state index contributed by atoms with van der Waals surface area (Å²) < 4.78 is 0. The number of fused-ring (bicyclic) bond motifs is 1. The van der Waals surface area contributed by atoms with Crippen molar-refractivity contribution < 1.29 is 4.79 Å². The van der Waals surface area contributed by atoms with Gasteiger partial charge < -0.3 is 10.6 Å². The van der Waals surface area contributed by atoms with Crippen molar-refractivity contribution in [3.05, 3.63) is 23.8 Å². The number of amides is 1. The molecular formula is C8H9N5O. The van der Waals surface area contributed by atoms with Gasteiger partial charge in [0.25, 0.3) is 0 Å². The highest BCUT2D eigenvalue weighted by molar-refractivity contribution is 5.89. The fourth-order valence-electron chi connectivity index (χ4n) is 1.23. The molecule has 6 heteroatoms. The summed E-state index contributed by atoms with van der Waals surface area (Å²) in [4.78, 5) is 16.5. The number of nitrogens with zero attached hydrogens (tertiary/aromatic N) is 4. The summed E-state index contributed by atoms with van der Waals surface area (Å²) in [7, 11) is 0. The third kappa shape index (κ3) is 1.68. The summed E-state index contributed by atoms with van der Waals surface area (Å²) in [5.74, 6) is 0.306. The maximum atomic E-state index is 10.7. The van der Waals surface area contributed by atoms with E-state index < -0.39 is 0 Å². The molecule has 6 nitrogen and oxygen atoms in total.